The van der Waals surface area contributed by atoms with Crippen LogP contribution in [0.3, 0.4) is 0 Å². The van der Waals surface area contributed by atoms with Crippen LogP contribution in [-0.2, 0) is 6.54 Å². The fraction of sp³-hybridized carbons (Fsp3) is 0.125. The molecule has 0 radical (unpaired) electrons. The minimum absolute atomic E-state index is 0.588. The Bertz CT molecular complexity index is 1130. The Labute approximate surface area is 159 Å². The van der Waals surface area contributed by atoms with Crippen molar-refractivity contribution in [3.8, 4) is 5.75 Å². The van der Waals surface area contributed by atoms with Crippen LogP contribution in [0.2, 0.25) is 0 Å². The summed E-state index contributed by atoms with van der Waals surface area (Å²) in [5.41, 5.74) is 9.38. The number of ether oxygens (including phenoxy) is 1. The Morgan fingerprint density at radius 1 is 0.889 bits per heavy atom. The number of aromatic nitrogens is 1. The smallest absolute Gasteiger partial charge is 0.213 e. The fourth-order valence-electron chi connectivity index (χ4n) is 3.54. The molecule has 0 bridgehead atoms. The van der Waals surface area contributed by atoms with Gasteiger partial charge in [0.05, 0.1) is 19.0 Å². The summed E-state index contributed by atoms with van der Waals surface area (Å²) in [5.74, 6) is 0.862. The molecule has 0 fully saturated rings. The van der Waals surface area contributed by atoms with Crippen molar-refractivity contribution in [3.63, 3.8) is 0 Å². The Morgan fingerprint density at radius 3 is 2.59 bits per heavy atom. The Balaban J connectivity index is 1.80. The fourth-order valence-corrected chi connectivity index (χ4v) is 3.54. The van der Waals surface area contributed by atoms with E-state index in [1.807, 2.05) is 6.07 Å². The molecule has 2 N–H and O–H groups in total. The van der Waals surface area contributed by atoms with Crippen molar-refractivity contribution >= 4 is 33.8 Å². The van der Waals surface area contributed by atoms with Gasteiger partial charge in [-0.2, -0.15) is 4.57 Å². The van der Waals surface area contributed by atoms with Gasteiger partial charge in [0.2, 0.25) is 11.2 Å². The predicted molar refractivity (Wildman–Crippen MR) is 113 cm³/mol. The van der Waals surface area contributed by atoms with Crippen molar-refractivity contribution in [1.29, 1.82) is 0 Å². The standard InChI is InChI=1S/C24H23N2O/c1-27-22-13-14-24-20(17-22)10-12-21(26(24)16-15-25)11-9-19-7-4-6-18-5-2-3-8-23(18)19/h2-14,17H,15-16,25H2,1H3/q+1/b11-9+. The quantitative estimate of drug-likeness (QED) is 0.538. The topological polar surface area (TPSA) is 39.1 Å². The van der Waals surface area contributed by atoms with Gasteiger partial charge in [-0.25, -0.2) is 0 Å². The first kappa shape index (κ1) is 17.3. The lowest BCUT2D eigenvalue weighted by Crippen LogP contribution is -2.41. The van der Waals surface area contributed by atoms with Crippen molar-refractivity contribution < 1.29 is 9.30 Å². The highest BCUT2D eigenvalue weighted by Gasteiger charge is 2.14. The summed E-state index contributed by atoms with van der Waals surface area (Å²) in [6, 6.07) is 25.3. The molecule has 4 rings (SSSR count). The Kier molecular flexibility index (Phi) is 4.86. The minimum Gasteiger partial charge on any atom is -0.497 e. The summed E-state index contributed by atoms with van der Waals surface area (Å²) in [6.07, 6.45) is 4.35. The van der Waals surface area contributed by atoms with Gasteiger partial charge in [-0.1, -0.05) is 42.5 Å². The van der Waals surface area contributed by atoms with Crippen molar-refractivity contribution in [3.05, 3.63) is 84.1 Å². The maximum atomic E-state index is 5.89. The van der Waals surface area contributed by atoms with Gasteiger partial charge in [0.1, 0.15) is 5.75 Å². The number of rotatable bonds is 5. The number of hydrogen-bond acceptors (Lipinski definition) is 2. The second kappa shape index (κ2) is 7.60. The van der Waals surface area contributed by atoms with Crippen molar-refractivity contribution in [2.24, 2.45) is 5.73 Å². The zero-order chi connectivity index (χ0) is 18.6. The maximum absolute atomic E-state index is 5.89. The zero-order valence-corrected chi connectivity index (χ0v) is 15.4. The van der Waals surface area contributed by atoms with Gasteiger partial charge in [0.25, 0.3) is 0 Å². The highest BCUT2D eigenvalue weighted by Crippen LogP contribution is 2.22. The first-order valence-electron chi connectivity index (χ1n) is 9.16. The van der Waals surface area contributed by atoms with Gasteiger partial charge in [-0.3, -0.25) is 0 Å². The van der Waals surface area contributed by atoms with E-state index in [0.29, 0.717) is 6.54 Å². The molecule has 4 aromatic rings. The average Bonchev–Trinajstić information content (AvgIpc) is 2.72. The van der Waals surface area contributed by atoms with Gasteiger partial charge in [0.15, 0.2) is 6.54 Å². The molecule has 0 unspecified atom stereocenters. The second-order valence-corrected chi connectivity index (χ2v) is 6.52. The molecule has 3 nitrogen and oxygen atoms in total. The third kappa shape index (κ3) is 3.42. The first-order chi connectivity index (χ1) is 13.3. The molecule has 27 heavy (non-hydrogen) atoms. The number of nitrogens with zero attached hydrogens (tertiary/aromatic N) is 1. The molecule has 0 saturated heterocycles. The van der Waals surface area contributed by atoms with Gasteiger partial charge in [0, 0.05) is 18.2 Å². The van der Waals surface area contributed by atoms with Crippen LogP contribution < -0.4 is 15.0 Å². The lowest BCUT2D eigenvalue weighted by Gasteiger charge is -2.06. The van der Waals surface area contributed by atoms with E-state index in [4.69, 9.17) is 10.5 Å². The van der Waals surface area contributed by atoms with E-state index >= 15 is 0 Å². The summed E-state index contributed by atoms with van der Waals surface area (Å²) in [5, 5.41) is 3.65. The van der Waals surface area contributed by atoms with Crippen LogP contribution in [0.1, 0.15) is 11.3 Å². The van der Waals surface area contributed by atoms with Crippen molar-refractivity contribution in [2.45, 2.75) is 6.54 Å². The number of nitrogens with two attached hydrogens (primary N) is 1. The minimum atomic E-state index is 0.588. The summed E-state index contributed by atoms with van der Waals surface area (Å²) < 4.78 is 7.61. The molecule has 0 aliphatic rings. The number of hydrogen-bond donors (Lipinski definition) is 1. The van der Waals surface area contributed by atoms with E-state index in [9.17, 15) is 0 Å². The van der Waals surface area contributed by atoms with Crippen LogP contribution in [-0.4, -0.2) is 13.7 Å². The molecule has 0 spiro atoms. The summed E-state index contributed by atoms with van der Waals surface area (Å²) in [4.78, 5) is 0. The highest BCUT2D eigenvalue weighted by molar-refractivity contribution is 5.92. The van der Waals surface area contributed by atoms with E-state index in [1.54, 1.807) is 7.11 Å². The van der Waals surface area contributed by atoms with Crippen LogP contribution in [0.15, 0.2) is 72.8 Å². The van der Waals surface area contributed by atoms with Crippen LogP contribution in [0.4, 0.5) is 0 Å². The van der Waals surface area contributed by atoms with Crippen LogP contribution >= 0.6 is 0 Å². The molecule has 1 aromatic heterocycles. The average molecular weight is 355 g/mol. The molecule has 134 valence electrons. The zero-order valence-electron chi connectivity index (χ0n) is 15.4. The molecule has 0 atom stereocenters. The molecule has 0 aliphatic carbocycles. The molecule has 0 aliphatic heterocycles. The Morgan fingerprint density at radius 2 is 1.74 bits per heavy atom. The lowest BCUT2D eigenvalue weighted by molar-refractivity contribution is -0.670. The van der Waals surface area contributed by atoms with Crippen LogP contribution in [0.5, 0.6) is 5.75 Å². The van der Waals surface area contributed by atoms with Crippen molar-refractivity contribution in [2.75, 3.05) is 13.7 Å². The maximum Gasteiger partial charge on any atom is 0.213 e. The van der Waals surface area contributed by atoms with E-state index < -0.39 is 0 Å². The molecule has 3 heteroatoms. The third-order valence-electron chi connectivity index (χ3n) is 4.88. The van der Waals surface area contributed by atoms with Gasteiger partial charge < -0.3 is 10.5 Å². The number of methoxy groups -OCH3 is 1. The molecular formula is C24H23N2O+. The van der Waals surface area contributed by atoms with Crippen LogP contribution in [0.25, 0.3) is 33.8 Å². The SMILES string of the molecule is COc1ccc2c(ccc(/C=C/c3cccc4ccccc34)[n+]2CCN)c1. The van der Waals surface area contributed by atoms with E-state index in [2.05, 4.69) is 83.4 Å². The molecule has 0 saturated carbocycles. The number of fused-ring (bicyclic) bond motifs is 2. The number of benzene rings is 3. The summed E-state index contributed by atoms with van der Waals surface area (Å²) in [6.45, 7) is 1.35. The van der Waals surface area contributed by atoms with Gasteiger partial charge in [-0.15, -0.1) is 0 Å². The van der Waals surface area contributed by atoms with E-state index in [1.165, 1.54) is 16.3 Å². The predicted octanol–water partition coefficient (Wildman–Crippen LogP) is 4.42. The molecule has 1 heterocycles. The van der Waals surface area contributed by atoms with Crippen LogP contribution in [0, 0.1) is 0 Å². The third-order valence-corrected chi connectivity index (χ3v) is 4.88. The lowest BCUT2D eigenvalue weighted by atomic mass is 10.0. The second-order valence-electron chi connectivity index (χ2n) is 6.52. The first-order valence-corrected chi connectivity index (χ1v) is 9.16. The van der Waals surface area contributed by atoms with Crippen molar-refractivity contribution in [1.82, 2.24) is 0 Å². The normalized spacial score (nSPS) is 11.5. The van der Waals surface area contributed by atoms with Gasteiger partial charge in [-0.05, 0) is 40.6 Å². The van der Waals surface area contributed by atoms with E-state index in [0.717, 1.165) is 28.9 Å². The highest BCUT2D eigenvalue weighted by atomic mass is 16.5. The molecule has 3 aromatic carbocycles. The largest absolute Gasteiger partial charge is 0.497 e. The number of pyridine rings is 1. The molecular weight excluding hydrogens is 332 g/mol. The monoisotopic (exact) mass is 355 g/mol. The summed E-state index contributed by atoms with van der Waals surface area (Å²) >= 11 is 0. The molecule has 0 amide bonds. The van der Waals surface area contributed by atoms with Gasteiger partial charge >= 0.3 is 0 Å². The Hall–Kier alpha value is -3.17. The summed E-state index contributed by atoms with van der Waals surface area (Å²) in [7, 11) is 1.69. The van der Waals surface area contributed by atoms with E-state index in [-0.39, 0.29) is 0 Å².